The molecule has 0 aromatic heterocycles. The molecule has 1 amide bonds. The number of rotatable bonds is 7. The number of carbonyl (C=O) groups is 1. The number of nitriles is 1. The van der Waals surface area contributed by atoms with Crippen LogP contribution < -0.4 is 15.4 Å². The molecule has 1 heterocycles. The first-order valence-corrected chi connectivity index (χ1v) is 11.8. The van der Waals surface area contributed by atoms with Gasteiger partial charge in [-0.2, -0.15) is 5.26 Å². The minimum atomic E-state index is -0.773. The second-order valence-electron chi connectivity index (χ2n) is 8.41. The molecule has 3 aromatic carbocycles. The van der Waals surface area contributed by atoms with E-state index in [0.717, 1.165) is 5.56 Å². The molecule has 5 nitrogen and oxygen atoms in total. The van der Waals surface area contributed by atoms with E-state index in [4.69, 9.17) is 16.3 Å². The number of allylic oxidation sites excluding steroid dienone is 3. The summed E-state index contributed by atoms with van der Waals surface area (Å²) in [6.45, 7) is 1.79. The average molecular weight is 502 g/mol. The van der Waals surface area contributed by atoms with Crippen LogP contribution in [-0.4, -0.2) is 13.0 Å². The van der Waals surface area contributed by atoms with Gasteiger partial charge in [-0.3, -0.25) is 4.79 Å². The van der Waals surface area contributed by atoms with Crippen molar-refractivity contribution in [2.75, 3.05) is 12.4 Å². The van der Waals surface area contributed by atoms with E-state index in [1.54, 1.807) is 31.2 Å². The second-order valence-corrected chi connectivity index (χ2v) is 8.81. The lowest BCUT2D eigenvalue weighted by atomic mass is 9.79. The average Bonchev–Trinajstić information content (AvgIpc) is 2.88. The van der Waals surface area contributed by atoms with Crippen LogP contribution in [0.4, 0.5) is 10.1 Å². The van der Waals surface area contributed by atoms with E-state index in [2.05, 4.69) is 16.7 Å². The van der Waals surface area contributed by atoms with Crippen molar-refractivity contribution in [3.05, 3.63) is 117 Å². The van der Waals surface area contributed by atoms with Crippen LogP contribution in [0.5, 0.6) is 5.75 Å². The van der Waals surface area contributed by atoms with Crippen LogP contribution in [0.2, 0.25) is 5.02 Å². The molecule has 1 aliphatic heterocycles. The lowest BCUT2D eigenvalue weighted by molar-refractivity contribution is -0.113. The van der Waals surface area contributed by atoms with Crippen LogP contribution >= 0.6 is 11.6 Å². The maximum absolute atomic E-state index is 13.9. The molecular weight excluding hydrogens is 477 g/mol. The largest absolute Gasteiger partial charge is 0.495 e. The molecule has 7 heteroatoms. The molecule has 3 aromatic rings. The van der Waals surface area contributed by atoms with Crippen LogP contribution in [0.1, 0.15) is 30.4 Å². The SMILES string of the molecule is COc1ccccc1NC(=O)C1=C(C)NC(CCc2ccccc2)=C(C#N)C1c1ccc(F)cc1Cl. The van der Waals surface area contributed by atoms with E-state index in [0.29, 0.717) is 52.4 Å². The lowest BCUT2D eigenvalue weighted by Gasteiger charge is -2.31. The van der Waals surface area contributed by atoms with Crippen molar-refractivity contribution in [3.8, 4) is 11.8 Å². The molecule has 2 N–H and O–H groups in total. The predicted molar refractivity (Wildman–Crippen MR) is 139 cm³/mol. The van der Waals surface area contributed by atoms with Gasteiger partial charge in [-0.15, -0.1) is 0 Å². The third-order valence-corrected chi connectivity index (χ3v) is 6.47. The zero-order valence-corrected chi connectivity index (χ0v) is 20.7. The number of benzene rings is 3. The van der Waals surface area contributed by atoms with E-state index in [-0.39, 0.29) is 5.02 Å². The van der Waals surface area contributed by atoms with Gasteiger partial charge in [0, 0.05) is 22.0 Å². The number of carbonyl (C=O) groups excluding carboxylic acids is 1. The van der Waals surface area contributed by atoms with Crippen molar-refractivity contribution in [1.82, 2.24) is 5.32 Å². The number of nitrogens with one attached hydrogen (secondary N) is 2. The predicted octanol–water partition coefficient (Wildman–Crippen LogP) is 6.50. The Kier molecular flexibility index (Phi) is 7.72. The fourth-order valence-electron chi connectivity index (χ4n) is 4.42. The minimum Gasteiger partial charge on any atom is -0.495 e. The fourth-order valence-corrected chi connectivity index (χ4v) is 4.70. The van der Waals surface area contributed by atoms with E-state index >= 15 is 0 Å². The summed E-state index contributed by atoms with van der Waals surface area (Å²) in [6.07, 6.45) is 1.26. The van der Waals surface area contributed by atoms with E-state index in [1.165, 1.54) is 25.3 Å². The van der Waals surface area contributed by atoms with Crippen molar-refractivity contribution in [1.29, 1.82) is 5.26 Å². The second kappa shape index (κ2) is 11.1. The summed E-state index contributed by atoms with van der Waals surface area (Å²) in [5.74, 6) is -1.18. The number of anilines is 1. The van der Waals surface area contributed by atoms with Crippen LogP contribution in [-0.2, 0) is 11.2 Å². The summed E-state index contributed by atoms with van der Waals surface area (Å²) in [7, 11) is 1.52. The highest BCUT2D eigenvalue weighted by atomic mass is 35.5. The van der Waals surface area contributed by atoms with Gasteiger partial charge in [0.25, 0.3) is 5.91 Å². The highest BCUT2D eigenvalue weighted by Crippen LogP contribution is 2.42. The Hall–Kier alpha value is -4.08. The third kappa shape index (κ3) is 5.27. The Bertz CT molecular complexity index is 1390. The number of halogens is 2. The molecule has 4 rings (SSSR count). The molecule has 0 saturated carbocycles. The summed E-state index contributed by atoms with van der Waals surface area (Å²) in [6, 6.07) is 23.3. The van der Waals surface area contributed by atoms with Gasteiger partial charge in [-0.05, 0) is 55.2 Å². The molecule has 1 aliphatic rings. The number of amides is 1. The molecule has 0 saturated heterocycles. The topological polar surface area (TPSA) is 74.2 Å². The Morgan fingerprint density at radius 3 is 2.53 bits per heavy atom. The van der Waals surface area contributed by atoms with Crippen LogP contribution in [0, 0.1) is 17.1 Å². The molecule has 0 fully saturated rings. The quantitative estimate of drug-likeness (QED) is 0.387. The third-order valence-electron chi connectivity index (χ3n) is 6.15. The zero-order valence-electron chi connectivity index (χ0n) is 19.9. The number of aryl methyl sites for hydroxylation is 1. The van der Waals surface area contributed by atoms with Crippen LogP contribution in [0.25, 0.3) is 0 Å². The van der Waals surface area contributed by atoms with Gasteiger partial charge in [0.15, 0.2) is 0 Å². The number of dihydropyridines is 1. The monoisotopic (exact) mass is 501 g/mol. The molecular formula is C29H25ClFN3O2. The number of hydrogen-bond donors (Lipinski definition) is 2. The Labute approximate surface area is 214 Å². The normalized spacial score (nSPS) is 15.2. The van der Waals surface area contributed by atoms with Gasteiger partial charge in [-0.25, -0.2) is 4.39 Å². The number of para-hydroxylation sites is 2. The van der Waals surface area contributed by atoms with Crippen molar-refractivity contribution in [2.24, 2.45) is 0 Å². The van der Waals surface area contributed by atoms with Crippen LogP contribution in [0.3, 0.4) is 0 Å². The van der Waals surface area contributed by atoms with Gasteiger partial charge in [-0.1, -0.05) is 60.1 Å². The molecule has 0 spiro atoms. The number of ether oxygens (including phenoxy) is 1. The molecule has 36 heavy (non-hydrogen) atoms. The molecule has 1 atom stereocenters. The van der Waals surface area contributed by atoms with Gasteiger partial charge >= 0.3 is 0 Å². The Morgan fingerprint density at radius 1 is 1.11 bits per heavy atom. The first kappa shape index (κ1) is 25.0. The Balaban J connectivity index is 1.77. The molecule has 0 radical (unpaired) electrons. The fraction of sp³-hybridized carbons (Fsp3) is 0.172. The van der Waals surface area contributed by atoms with Crippen molar-refractivity contribution < 1.29 is 13.9 Å². The first-order valence-electron chi connectivity index (χ1n) is 11.5. The summed E-state index contributed by atoms with van der Waals surface area (Å²) in [4.78, 5) is 13.6. The molecule has 0 bridgehead atoms. The number of methoxy groups -OCH3 is 1. The summed E-state index contributed by atoms with van der Waals surface area (Å²) >= 11 is 6.46. The van der Waals surface area contributed by atoms with Crippen molar-refractivity contribution >= 4 is 23.2 Å². The standard InChI is InChI=1S/C29H25ClFN3O2/c1-18-27(29(35)34-25-10-6-7-11-26(25)36-2)28(21-14-13-20(31)16-23(21)30)22(17-32)24(33-18)15-12-19-8-4-3-5-9-19/h3-11,13-14,16,28,33H,12,15H2,1-2H3,(H,34,35). The summed E-state index contributed by atoms with van der Waals surface area (Å²) in [5.41, 5.74) is 4.10. The summed E-state index contributed by atoms with van der Waals surface area (Å²) < 4.78 is 19.3. The molecule has 1 unspecified atom stereocenters. The zero-order chi connectivity index (χ0) is 25.7. The van der Waals surface area contributed by atoms with Gasteiger partial charge in [0.2, 0.25) is 0 Å². The maximum Gasteiger partial charge on any atom is 0.254 e. The highest BCUT2D eigenvalue weighted by molar-refractivity contribution is 6.31. The van der Waals surface area contributed by atoms with E-state index < -0.39 is 17.6 Å². The van der Waals surface area contributed by atoms with Gasteiger partial charge in [0.05, 0.1) is 30.4 Å². The number of hydrogen-bond acceptors (Lipinski definition) is 4. The maximum atomic E-state index is 13.9. The smallest absolute Gasteiger partial charge is 0.254 e. The minimum absolute atomic E-state index is 0.146. The van der Waals surface area contributed by atoms with E-state index in [1.807, 2.05) is 30.3 Å². The molecule has 182 valence electrons. The van der Waals surface area contributed by atoms with E-state index in [9.17, 15) is 14.4 Å². The Morgan fingerprint density at radius 2 is 1.83 bits per heavy atom. The number of nitrogens with zero attached hydrogens (tertiary/aromatic N) is 1. The lowest BCUT2D eigenvalue weighted by Crippen LogP contribution is -2.31. The summed E-state index contributed by atoms with van der Waals surface area (Å²) in [5, 5.41) is 16.6. The van der Waals surface area contributed by atoms with Gasteiger partial charge in [0.1, 0.15) is 11.6 Å². The van der Waals surface area contributed by atoms with Crippen molar-refractivity contribution in [3.63, 3.8) is 0 Å². The molecule has 0 aliphatic carbocycles. The van der Waals surface area contributed by atoms with Gasteiger partial charge < -0.3 is 15.4 Å². The first-order chi connectivity index (χ1) is 17.4. The highest BCUT2D eigenvalue weighted by Gasteiger charge is 2.35. The van der Waals surface area contributed by atoms with Crippen LogP contribution in [0.15, 0.2) is 95.3 Å². The van der Waals surface area contributed by atoms with Crippen molar-refractivity contribution in [2.45, 2.75) is 25.7 Å².